The molecule has 0 aromatic carbocycles. The third-order valence-electron chi connectivity index (χ3n) is 4.33. The van der Waals surface area contributed by atoms with Gasteiger partial charge in [-0.25, -0.2) is 0 Å². The van der Waals surface area contributed by atoms with Gasteiger partial charge in [0, 0.05) is 0 Å². The Morgan fingerprint density at radius 3 is 2.50 bits per heavy atom. The van der Waals surface area contributed by atoms with Gasteiger partial charge in [-0.3, -0.25) is 0 Å². The third kappa shape index (κ3) is 4.86. The standard InChI is InChI=1S/C15H31N/c1-4-5-6-7-8-11-15(2,3)14-10-9-12-16-13-14/h14,16H,4-13H2,1-3H3. The normalized spacial score (nSPS) is 22.3. The Bertz CT molecular complexity index is 168. The van der Waals surface area contributed by atoms with Crippen molar-refractivity contribution in [3.05, 3.63) is 0 Å². The highest BCUT2D eigenvalue weighted by atomic mass is 14.9. The van der Waals surface area contributed by atoms with Crippen molar-refractivity contribution in [3.8, 4) is 0 Å². The Morgan fingerprint density at radius 2 is 1.88 bits per heavy atom. The molecule has 1 unspecified atom stereocenters. The summed E-state index contributed by atoms with van der Waals surface area (Å²) >= 11 is 0. The second-order valence-electron chi connectivity index (χ2n) is 6.20. The van der Waals surface area contributed by atoms with Crippen LogP contribution in [0.4, 0.5) is 0 Å². The van der Waals surface area contributed by atoms with Crippen LogP contribution in [0.5, 0.6) is 0 Å². The summed E-state index contributed by atoms with van der Waals surface area (Å²) in [5.74, 6) is 0.910. The Kier molecular flexibility index (Phi) is 6.41. The molecule has 0 amide bonds. The molecule has 1 heteroatoms. The maximum Gasteiger partial charge on any atom is -0.00154 e. The van der Waals surface area contributed by atoms with Gasteiger partial charge in [-0.05, 0) is 43.7 Å². The second-order valence-corrected chi connectivity index (χ2v) is 6.20. The molecule has 1 saturated heterocycles. The minimum absolute atomic E-state index is 0.555. The van der Waals surface area contributed by atoms with Crippen LogP contribution in [0.25, 0.3) is 0 Å². The Balaban J connectivity index is 2.16. The van der Waals surface area contributed by atoms with Crippen molar-refractivity contribution >= 4 is 0 Å². The average molecular weight is 225 g/mol. The van der Waals surface area contributed by atoms with Crippen LogP contribution in [0.2, 0.25) is 0 Å². The predicted octanol–water partition coefficient (Wildman–Crippen LogP) is 4.37. The van der Waals surface area contributed by atoms with Crippen molar-refractivity contribution in [2.75, 3.05) is 13.1 Å². The van der Waals surface area contributed by atoms with Crippen LogP contribution >= 0.6 is 0 Å². The summed E-state index contributed by atoms with van der Waals surface area (Å²) in [7, 11) is 0. The maximum absolute atomic E-state index is 3.55. The molecule has 1 aliphatic rings. The summed E-state index contributed by atoms with van der Waals surface area (Å²) in [5.41, 5.74) is 0.555. The fourth-order valence-electron chi connectivity index (χ4n) is 2.91. The van der Waals surface area contributed by atoms with E-state index in [1.807, 2.05) is 0 Å². The molecule has 96 valence electrons. The number of rotatable bonds is 7. The maximum atomic E-state index is 3.55. The van der Waals surface area contributed by atoms with Gasteiger partial charge in [-0.2, -0.15) is 0 Å². The van der Waals surface area contributed by atoms with Gasteiger partial charge in [0.15, 0.2) is 0 Å². The lowest BCUT2D eigenvalue weighted by Gasteiger charge is -2.37. The fraction of sp³-hybridized carbons (Fsp3) is 1.00. The van der Waals surface area contributed by atoms with Crippen LogP contribution in [0.15, 0.2) is 0 Å². The van der Waals surface area contributed by atoms with Crippen molar-refractivity contribution < 1.29 is 0 Å². The van der Waals surface area contributed by atoms with Gasteiger partial charge in [0.2, 0.25) is 0 Å². The van der Waals surface area contributed by atoms with Crippen molar-refractivity contribution in [3.63, 3.8) is 0 Å². The molecule has 1 nitrogen and oxygen atoms in total. The van der Waals surface area contributed by atoms with Crippen LogP contribution < -0.4 is 5.32 Å². The van der Waals surface area contributed by atoms with E-state index in [-0.39, 0.29) is 0 Å². The third-order valence-corrected chi connectivity index (χ3v) is 4.33. The highest BCUT2D eigenvalue weighted by molar-refractivity contribution is 4.82. The molecule has 1 N–H and O–H groups in total. The van der Waals surface area contributed by atoms with Crippen LogP contribution in [-0.4, -0.2) is 13.1 Å². The van der Waals surface area contributed by atoms with E-state index in [2.05, 4.69) is 26.1 Å². The minimum atomic E-state index is 0.555. The number of hydrogen-bond donors (Lipinski definition) is 1. The van der Waals surface area contributed by atoms with E-state index >= 15 is 0 Å². The molecule has 1 aliphatic heterocycles. The van der Waals surface area contributed by atoms with Gasteiger partial charge >= 0.3 is 0 Å². The number of hydrogen-bond acceptors (Lipinski definition) is 1. The lowest BCUT2D eigenvalue weighted by molar-refractivity contribution is 0.153. The molecule has 0 spiro atoms. The molecular weight excluding hydrogens is 194 g/mol. The first-order valence-corrected chi connectivity index (χ1v) is 7.37. The van der Waals surface area contributed by atoms with Crippen LogP contribution in [0.3, 0.4) is 0 Å². The van der Waals surface area contributed by atoms with E-state index in [1.165, 1.54) is 64.5 Å². The lowest BCUT2D eigenvalue weighted by atomic mass is 9.72. The summed E-state index contributed by atoms with van der Waals surface area (Å²) in [6, 6.07) is 0. The summed E-state index contributed by atoms with van der Waals surface area (Å²) in [5, 5.41) is 3.55. The highest BCUT2D eigenvalue weighted by Gasteiger charge is 2.29. The van der Waals surface area contributed by atoms with Crippen LogP contribution in [0.1, 0.15) is 72.1 Å². The predicted molar refractivity (Wildman–Crippen MR) is 72.8 cm³/mol. The summed E-state index contributed by atoms with van der Waals surface area (Å²) in [6.07, 6.45) is 11.3. The summed E-state index contributed by atoms with van der Waals surface area (Å²) in [6.45, 7) is 9.73. The number of nitrogens with one attached hydrogen (secondary N) is 1. The second kappa shape index (κ2) is 7.32. The van der Waals surface area contributed by atoms with Gasteiger partial charge < -0.3 is 5.32 Å². The quantitative estimate of drug-likeness (QED) is 0.634. The van der Waals surface area contributed by atoms with E-state index in [0.29, 0.717) is 5.41 Å². The molecule has 0 aliphatic carbocycles. The van der Waals surface area contributed by atoms with Crippen LogP contribution in [-0.2, 0) is 0 Å². The van der Waals surface area contributed by atoms with Crippen molar-refractivity contribution in [2.45, 2.75) is 72.1 Å². The molecule has 0 saturated carbocycles. The first-order valence-electron chi connectivity index (χ1n) is 7.37. The monoisotopic (exact) mass is 225 g/mol. The van der Waals surface area contributed by atoms with E-state index < -0.39 is 0 Å². The van der Waals surface area contributed by atoms with E-state index in [1.54, 1.807) is 0 Å². The zero-order valence-corrected chi connectivity index (χ0v) is 11.6. The van der Waals surface area contributed by atoms with Gasteiger partial charge in [0.05, 0.1) is 0 Å². The van der Waals surface area contributed by atoms with Gasteiger partial charge in [0.25, 0.3) is 0 Å². The van der Waals surface area contributed by atoms with Crippen molar-refractivity contribution in [2.24, 2.45) is 11.3 Å². The summed E-state index contributed by atoms with van der Waals surface area (Å²) < 4.78 is 0. The van der Waals surface area contributed by atoms with E-state index in [0.717, 1.165) is 5.92 Å². The minimum Gasteiger partial charge on any atom is -0.316 e. The molecule has 0 aromatic rings. The Morgan fingerprint density at radius 1 is 1.12 bits per heavy atom. The first-order chi connectivity index (χ1) is 7.67. The molecule has 1 atom stereocenters. The lowest BCUT2D eigenvalue weighted by Crippen LogP contribution is -2.38. The van der Waals surface area contributed by atoms with E-state index in [4.69, 9.17) is 0 Å². The molecule has 16 heavy (non-hydrogen) atoms. The zero-order valence-electron chi connectivity index (χ0n) is 11.6. The Labute approximate surface area is 102 Å². The molecular formula is C15H31N. The van der Waals surface area contributed by atoms with Crippen molar-refractivity contribution in [1.82, 2.24) is 5.32 Å². The van der Waals surface area contributed by atoms with Gasteiger partial charge in [-0.1, -0.05) is 52.9 Å². The largest absolute Gasteiger partial charge is 0.316 e. The molecule has 0 radical (unpaired) electrons. The van der Waals surface area contributed by atoms with E-state index in [9.17, 15) is 0 Å². The number of piperidine rings is 1. The molecule has 0 aromatic heterocycles. The van der Waals surface area contributed by atoms with Gasteiger partial charge in [-0.15, -0.1) is 0 Å². The molecule has 0 bridgehead atoms. The molecule has 1 rings (SSSR count). The Hall–Kier alpha value is -0.0400. The van der Waals surface area contributed by atoms with Crippen molar-refractivity contribution in [1.29, 1.82) is 0 Å². The summed E-state index contributed by atoms with van der Waals surface area (Å²) in [4.78, 5) is 0. The molecule has 1 fully saturated rings. The topological polar surface area (TPSA) is 12.0 Å². The fourth-order valence-corrected chi connectivity index (χ4v) is 2.91. The highest BCUT2D eigenvalue weighted by Crippen LogP contribution is 2.36. The average Bonchev–Trinajstić information content (AvgIpc) is 2.30. The van der Waals surface area contributed by atoms with Crippen LogP contribution in [0, 0.1) is 11.3 Å². The molecule has 1 heterocycles. The number of unbranched alkanes of at least 4 members (excludes halogenated alkanes) is 4. The van der Waals surface area contributed by atoms with Gasteiger partial charge in [0.1, 0.15) is 0 Å². The SMILES string of the molecule is CCCCCCCC(C)(C)C1CCCNC1. The first kappa shape index (κ1) is 14.0. The zero-order chi connectivity index (χ0) is 11.9. The smallest absolute Gasteiger partial charge is 0.00154 e.